The molecule has 154 valence electrons. The summed E-state index contributed by atoms with van der Waals surface area (Å²) in [4.78, 5) is 14.3. The molecule has 0 spiro atoms. The van der Waals surface area contributed by atoms with Crippen LogP contribution in [0.5, 0.6) is 0 Å². The van der Waals surface area contributed by atoms with Crippen LogP contribution in [0.1, 0.15) is 31.2 Å². The van der Waals surface area contributed by atoms with Gasteiger partial charge < -0.3 is 15.5 Å². The summed E-state index contributed by atoms with van der Waals surface area (Å²) >= 11 is 0. The molecule has 0 saturated carbocycles. The van der Waals surface area contributed by atoms with Gasteiger partial charge in [-0.05, 0) is 68.0 Å². The van der Waals surface area contributed by atoms with Crippen LogP contribution in [0, 0.1) is 17.6 Å². The minimum absolute atomic E-state index is 0.296. The summed E-state index contributed by atoms with van der Waals surface area (Å²) in [6.07, 6.45) is 8.53. The number of nitrogens with one attached hydrogen (secondary N) is 2. The molecule has 1 fully saturated rings. The topological polar surface area (TPSA) is 44.4 Å². The van der Waals surface area contributed by atoms with E-state index in [1.54, 1.807) is 12.1 Å². The fourth-order valence-electron chi connectivity index (χ4n) is 4.66. The van der Waals surface area contributed by atoms with Crippen molar-refractivity contribution in [2.75, 3.05) is 28.6 Å². The van der Waals surface area contributed by atoms with Gasteiger partial charge >= 0.3 is 0 Å². The van der Waals surface area contributed by atoms with Crippen molar-refractivity contribution in [3.63, 3.8) is 0 Å². The summed E-state index contributed by atoms with van der Waals surface area (Å²) in [6, 6.07) is 9.16. The second-order valence-corrected chi connectivity index (χ2v) is 8.13. The Morgan fingerprint density at radius 3 is 2.90 bits per heavy atom. The molecule has 3 aliphatic rings. The number of amides is 1. The van der Waals surface area contributed by atoms with Crippen LogP contribution in [0.3, 0.4) is 0 Å². The van der Waals surface area contributed by atoms with Gasteiger partial charge in [-0.25, -0.2) is 8.78 Å². The van der Waals surface area contributed by atoms with E-state index in [2.05, 4.69) is 21.6 Å². The van der Waals surface area contributed by atoms with Crippen LogP contribution in [0.2, 0.25) is 0 Å². The highest BCUT2D eigenvalue weighted by atomic mass is 19.1. The Morgan fingerprint density at radius 1 is 1.13 bits per heavy atom. The predicted octanol–water partition coefficient (Wildman–Crippen LogP) is 5.31. The SMILES string of the molecule is O=C1Nc2ccc(F)cc2C1=CNc1ccc(N2CCC3CCCC=C3C2)c(F)c1. The molecular formula is C24H23F2N3O. The number of piperidine rings is 1. The van der Waals surface area contributed by atoms with Crippen molar-refractivity contribution in [2.45, 2.75) is 25.7 Å². The lowest BCUT2D eigenvalue weighted by molar-refractivity contribution is -0.110. The van der Waals surface area contributed by atoms with Gasteiger partial charge in [-0.1, -0.05) is 11.6 Å². The zero-order chi connectivity index (χ0) is 20.7. The maximum absolute atomic E-state index is 14.9. The van der Waals surface area contributed by atoms with Crippen LogP contribution < -0.4 is 15.5 Å². The zero-order valence-electron chi connectivity index (χ0n) is 16.6. The normalized spacial score (nSPS) is 21.7. The molecule has 2 aromatic carbocycles. The van der Waals surface area contributed by atoms with Crippen LogP contribution >= 0.6 is 0 Å². The van der Waals surface area contributed by atoms with Gasteiger partial charge in [0.15, 0.2) is 0 Å². The number of benzene rings is 2. The summed E-state index contributed by atoms with van der Waals surface area (Å²) in [5.41, 5.74) is 3.96. The van der Waals surface area contributed by atoms with Gasteiger partial charge in [0, 0.05) is 36.2 Å². The lowest BCUT2D eigenvalue weighted by Gasteiger charge is -2.37. The molecule has 2 heterocycles. The van der Waals surface area contributed by atoms with E-state index < -0.39 is 5.82 Å². The second kappa shape index (κ2) is 7.59. The number of carbonyl (C=O) groups excluding carboxylic acids is 1. The van der Waals surface area contributed by atoms with Crippen LogP contribution in [0.4, 0.5) is 25.8 Å². The van der Waals surface area contributed by atoms with Crippen molar-refractivity contribution in [3.05, 3.63) is 71.4 Å². The van der Waals surface area contributed by atoms with Crippen molar-refractivity contribution in [1.29, 1.82) is 0 Å². The Kier molecular flexibility index (Phi) is 4.77. The Morgan fingerprint density at radius 2 is 2.03 bits per heavy atom. The van der Waals surface area contributed by atoms with Gasteiger partial charge in [0.2, 0.25) is 0 Å². The molecule has 1 atom stereocenters. The average Bonchev–Trinajstić information content (AvgIpc) is 3.06. The van der Waals surface area contributed by atoms with Crippen LogP contribution in [0.15, 0.2) is 54.2 Å². The van der Waals surface area contributed by atoms with Crippen LogP contribution in [0.25, 0.3) is 5.57 Å². The van der Waals surface area contributed by atoms with Gasteiger partial charge in [0.05, 0.1) is 11.3 Å². The zero-order valence-corrected chi connectivity index (χ0v) is 16.6. The monoisotopic (exact) mass is 407 g/mol. The van der Waals surface area contributed by atoms with E-state index in [1.165, 1.54) is 48.9 Å². The number of nitrogens with zero attached hydrogens (tertiary/aromatic N) is 1. The fourth-order valence-corrected chi connectivity index (χ4v) is 4.66. The molecule has 2 aliphatic heterocycles. The minimum Gasteiger partial charge on any atom is -0.365 e. The smallest absolute Gasteiger partial charge is 0.257 e. The Balaban J connectivity index is 1.34. The fraction of sp³-hybridized carbons (Fsp3) is 0.292. The maximum Gasteiger partial charge on any atom is 0.257 e. The van der Waals surface area contributed by atoms with Crippen LogP contribution in [-0.4, -0.2) is 19.0 Å². The van der Waals surface area contributed by atoms with E-state index in [1.807, 2.05) is 0 Å². The quantitative estimate of drug-likeness (QED) is 0.536. The molecule has 2 aromatic rings. The Bertz CT molecular complexity index is 1080. The maximum atomic E-state index is 14.9. The van der Waals surface area contributed by atoms with E-state index in [0.717, 1.165) is 25.9 Å². The summed E-state index contributed by atoms with van der Waals surface area (Å²) in [5.74, 6) is -0.362. The molecule has 1 aliphatic carbocycles. The summed E-state index contributed by atoms with van der Waals surface area (Å²) in [6.45, 7) is 1.65. The number of rotatable bonds is 3. The number of hydrogen-bond acceptors (Lipinski definition) is 3. The third-order valence-corrected chi connectivity index (χ3v) is 6.24. The Hall–Kier alpha value is -3.15. The first-order chi connectivity index (χ1) is 14.6. The van der Waals surface area contributed by atoms with Gasteiger partial charge in [0.1, 0.15) is 11.6 Å². The summed E-state index contributed by atoms with van der Waals surface area (Å²) in [5, 5.41) is 5.68. The summed E-state index contributed by atoms with van der Waals surface area (Å²) < 4.78 is 28.4. The highest BCUT2D eigenvalue weighted by Gasteiger charge is 2.27. The third-order valence-electron chi connectivity index (χ3n) is 6.24. The lowest BCUT2D eigenvalue weighted by atomic mass is 9.82. The minimum atomic E-state index is -0.414. The van der Waals surface area contributed by atoms with Gasteiger partial charge in [-0.3, -0.25) is 4.79 Å². The number of allylic oxidation sites excluding steroid dienone is 1. The van der Waals surface area contributed by atoms with Crippen molar-refractivity contribution in [1.82, 2.24) is 0 Å². The molecule has 6 heteroatoms. The van der Waals surface area contributed by atoms with Gasteiger partial charge in [0.25, 0.3) is 5.91 Å². The number of carbonyl (C=O) groups is 1. The predicted molar refractivity (Wildman–Crippen MR) is 115 cm³/mol. The molecule has 0 aromatic heterocycles. The standard InChI is InChI=1S/C24H23F2N3O/c25-17-5-7-22-19(11-17)20(24(30)28-22)13-27-18-6-8-23(21(26)12-18)29-10-9-15-3-1-2-4-16(15)14-29/h4-8,11-13,15,27H,1-3,9-10,14H2,(H,28,30). The molecular weight excluding hydrogens is 384 g/mol. The molecule has 1 saturated heterocycles. The molecule has 30 heavy (non-hydrogen) atoms. The average molecular weight is 407 g/mol. The van der Waals surface area contributed by atoms with Crippen molar-refractivity contribution in [3.8, 4) is 0 Å². The highest BCUT2D eigenvalue weighted by Crippen LogP contribution is 2.36. The summed E-state index contributed by atoms with van der Waals surface area (Å²) in [7, 11) is 0. The van der Waals surface area contributed by atoms with Gasteiger partial charge in [-0.15, -0.1) is 0 Å². The first-order valence-electron chi connectivity index (χ1n) is 10.4. The number of anilines is 3. The first-order valence-corrected chi connectivity index (χ1v) is 10.4. The molecule has 1 unspecified atom stereocenters. The number of hydrogen-bond donors (Lipinski definition) is 2. The molecule has 5 rings (SSSR count). The van der Waals surface area contributed by atoms with Gasteiger partial charge in [-0.2, -0.15) is 0 Å². The van der Waals surface area contributed by atoms with E-state index >= 15 is 0 Å². The van der Waals surface area contributed by atoms with Crippen molar-refractivity contribution >= 4 is 28.5 Å². The van der Waals surface area contributed by atoms with E-state index in [0.29, 0.717) is 34.1 Å². The van der Waals surface area contributed by atoms with E-state index in [4.69, 9.17) is 0 Å². The van der Waals surface area contributed by atoms with E-state index in [-0.39, 0.29) is 11.7 Å². The molecule has 0 radical (unpaired) electrons. The molecule has 4 nitrogen and oxygen atoms in total. The van der Waals surface area contributed by atoms with Crippen LogP contribution in [-0.2, 0) is 4.79 Å². The Labute approximate surface area is 174 Å². The highest BCUT2D eigenvalue weighted by molar-refractivity contribution is 6.31. The second-order valence-electron chi connectivity index (χ2n) is 8.13. The van der Waals surface area contributed by atoms with Crippen molar-refractivity contribution < 1.29 is 13.6 Å². The number of fused-ring (bicyclic) bond motifs is 2. The lowest BCUT2D eigenvalue weighted by Crippen LogP contribution is -2.36. The first kappa shape index (κ1) is 18.9. The molecule has 1 amide bonds. The molecule has 0 bridgehead atoms. The largest absolute Gasteiger partial charge is 0.365 e. The third kappa shape index (κ3) is 3.47. The van der Waals surface area contributed by atoms with Crippen molar-refractivity contribution in [2.24, 2.45) is 5.92 Å². The van der Waals surface area contributed by atoms with E-state index in [9.17, 15) is 13.6 Å². The molecule has 2 N–H and O–H groups in total. The number of halogens is 2.